The SMILES string of the molecule is O=C(c1n[nH]c2c1CCC2)N1CCC(n2c(=O)[nH]c3ccccc32)CC1. The summed E-state index contributed by atoms with van der Waals surface area (Å²) in [6.07, 6.45) is 4.57. The second-order valence-electron chi connectivity index (χ2n) is 7.22. The smallest absolute Gasteiger partial charge is 0.326 e. The van der Waals surface area contributed by atoms with E-state index in [0.717, 1.165) is 54.4 Å². The van der Waals surface area contributed by atoms with Gasteiger partial charge in [0.1, 0.15) is 0 Å². The minimum absolute atomic E-state index is 0.0223. The van der Waals surface area contributed by atoms with Crippen molar-refractivity contribution in [2.45, 2.75) is 38.1 Å². The van der Waals surface area contributed by atoms with Crippen LogP contribution in [0.1, 0.15) is 47.1 Å². The van der Waals surface area contributed by atoms with E-state index in [1.54, 1.807) is 0 Å². The van der Waals surface area contributed by atoms with E-state index in [1.165, 1.54) is 0 Å². The molecule has 0 unspecified atom stereocenters. The number of nitrogens with one attached hydrogen (secondary N) is 2. The highest BCUT2D eigenvalue weighted by Gasteiger charge is 2.30. The van der Waals surface area contributed by atoms with Crippen LogP contribution in [0.5, 0.6) is 0 Å². The van der Waals surface area contributed by atoms with Crippen molar-refractivity contribution in [2.75, 3.05) is 13.1 Å². The summed E-state index contributed by atoms with van der Waals surface area (Å²) in [6, 6.07) is 7.88. The maximum Gasteiger partial charge on any atom is 0.326 e. The summed E-state index contributed by atoms with van der Waals surface area (Å²) >= 11 is 0. The molecule has 0 atom stereocenters. The predicted molar refractivity (Wildman–Crippen MR) is 97.3 cm³/mol. The molecule has 1 aromatic carbocycles. The number of hydrogen-bond donors (Lipinski definition) is 2. The number of amides is 1. The number of nitrogens with zero attached hydrogens (tertiary/aromatic N) is 3. The summed E-state index contributed by atoms with van der Waals surface area (Å²) in [5.41, 5.74) is 4.55. The van der Waals surface area contributed by atoms with Crippen LogP contribution in [0.3, 0.4) is 0 Å². The summed E-state index contributed by atoms with van der Waals surface area (Å²) in [5.74, 6) is 0.0223. The predicted octanol–water partition coefficient (Wildman–Crippen LogP) is 2.02. The van der Waals surface area contributed by atoms with Crippen molar-refractivity contribution in [2.24, 2.45) is 0 Å². The van der Waals surface area contributed by atoms with Crippen LogP contribution < -0.4 is 5.69 Å². The first-order valence-electron chi connectivity index (χ1n) is 9.27. The number of hydrogen-bond acceptors (Lipinski definition) is 3. The van der Waals surface area contributed by atoms with Gasteiger partial charge in [0, 0.05) is 30.4 Å². The number of benzene rings is 1. The minimum Gasteiger partial charge on any atom is -0.337 e. The van der Waals surface area contributed by atoms with Gasteiger partial charge in [0.15, 0.2) is 5.69 Å². The number of fused-ring (bicyclic) bond motifs is 2. The second kappa shape index (κ2) is 5.86. The molecule has 1 aliphatic heterocycles. The first-order chi connectivity index (χ1) is 12.7. The van der Waals surface area contributed by atoms with E-state index in [0.29, 0.717) is 18.8 Å². The Morgan fingerprint density at radius 1 is 1.15 bits per heavy atom. The Hall–Kier alpha value is -2.83. The van der Waals surface area contributed by atoms with Crippen molar-refractivity contribution in [3.8, 4) is 0 Å². The van der Waals surface area contributed by atoms with Gasteiger partial charge in [-0.25, -0.2) is 4.79 Å². The number of aryl methyl sites for hydroxylation is 1. The van der Waals surface area contributed by atoms with Gasteiger partial charge in [-0.3, -0.25) is 14.5 Å². The van der Waals surface area contributed by atoms with Crippen molar-refractivity contribution >= 4 is 16.9 Å². The van der Waals surface area contributed by atoms with Crippen LogP contribution in [0.25, 0.3) is 11.0 Å². The average Bonchev–Trinajstić information content (AvgIpc) is 3.34. The largest absolute Gasteiger partial charge is 0.337 e. The molecule has 2 aromatic heterocycles. The Bertz CT molecular complexity index is 1040. The van der Waals surface area contributed by atoms with Crippen LogP contribution in [-0.2, 0) is 12.8 Å². The fraction of sp³-hybridized carbons (Fsp3) is 0.421. The number of carbonyl (C=O) groups excluding carboxylic acids is 1. The number of para-hydroxylation sites is 2. The fourth-order valence-corrected chi connectivity index (χ4v) is 4.41. The molecule has 2 aliphatic rings. The molecular weight excluding hydrogens is 330 g/mol. The lowest BCUT2D eigenvalue weighted by Gasteiger charge is -2.32. The molecule has 2 N–H and O–H groups in total. The third-order valence-electron chi connectivity index (χ3n) is 5.75. The molecule has 134 valence electrons. The van der Waals surface area contributed by atoms with Crippen LogP contribution in [-0.4, -0.2) is 43.6 Å². The zero-order chi connectivity index (χ0) is 17.7. The summed E-state index contributed by atoms with van der Waals surface area (Å²) in [5, 5.41) is 7.28. The van der Waals surface area contributed by atoms with Crippen molar-refractivity contribution in [1.82, 2.24) is 24.6 Å². The van der Waals surface area contributed by atoms with Crippen LogP contribution in [0.4, 0.5) is 0 Å². The number of carbonyl (C=O) groups is 1. The van der Waals surface area contributed by atoms with E-state index >= 15 is 0 Å². The fourth-order valence-electron chi connectivity index (χ4n) is 4.41. The molecule has 26 heavy (non-hydrogen) atoms. The molecule has 7 nitrogen and oxygen atoms in total. The maximum absolute atomic E-state index is 12.9. The molecule has 0 spiro atoms. The topological polar surface area (TPSA) is 86.8 Å². The van der Waals surface area contributed by atoms with E-state index in [2.05, 4.69) is 15.2 Å². The monoisotopic (exact) mass is 351 g/mol. The Kier molecular flexibility index (Phi) is 3.48. The Morgan fingerprint density at radius 2 is 1.96 bits per heavy atom. The van der Waals surface area contributed by atoms with E-state index in [4.69, 9.17) is 0 Å². The molecular formula is C19H21N5O2. The summed E-state index contributed by atoms with van der Waals surface area (Å²) in [4.78, 5) is 30.0. The first-order valence-corrected chi connectivity index (χ1v) is 9.27. The van der Waals surface area contributed by atoms with Gasteiger partial charge in [-0.05, 0) is 44.2 Å². The van der Waals surface area contributed by atoms with Gasteiger partial charge < -0.3 is 9.88 Å². The quantitative estimate of drug-likeness (QED) is 0.740. The number of aromatic amines is 2. The number of H-pyrrole nitrogens is 2. The Balaban J connectivity index is 1.35. The van der Waals surface area contributed by atoms with Crippen molar-refractivity contribution < 1.29 is 4.79 Å². The lowest BCUT2D eigenvalue weighted by Crippen LogP contribution is -2.40. The van der Waals surface area contributed by atoms with Gasteiger partial charge in [-0.2, -0.15) is 5.10 Å². The van der Waals surface area contributed by atoms with Crippen LogP contribution in [0.2, 0.25) is 0 Å². The van der Waals surface area contributed by atoms with Crippen LogP contribution in [0, 0.1) is 0 Å². The van der Waals surface area contributed by atoms with Crippen molar-refractivity contribution in [3.05, 3.63) is 51.7 Å². The molecule has 3 heterocycles. The highest BCUT2D eigenvalue weighted by Crippen LogP contribution is 2.28. The normalized spacial score (nSPS) is 17.8. The first kappa shape index (κ1) is 15.4. The molecule has 3 aromatic rings. The molecule has 0 bridgehead atoms. The second-order valence-corrected chi connectivity index (χ2v) is 7.22. The highest BCUT2D eigenvalue weighted by atomic mass is 16.2. The number of piperidine rings is 1. The van der Waals surface area contributed by atoms with Crippen LogP contribution >= 0.6 is 0 Å². The van der Waals surface area contributed by atoms with Gasteiger partial charge in [-0.15, -0.1) is 0 Å². The van der Waals surface area contributed by atoms with Gasteiger partial charge in [0.05, 0.1) is 11.0 Å². The number of imidazole rings is 1. The summed E-state index contributed by atoms with van der Waals surface area (Å²) in [7, 11) is 0. The average molecular weight is 351 g/mol. The van der Waals surface area contributed by atoms with Gasteiger partial charge >= 0.3 is 5.69 Å². The highest BCUT2D eigenvalue weighted by molar-refractivity contribution is 5.94. The van der Waals surface area contributed by atoms with E-state index in [1.807, 2.05) is 33.7 Å². The Morgan fingerprint density at radius 3 is 2.81 bits per heavy atom. The summed E-state index contributed by atoms with van der Waals surface area (Å²) in [6.45, 7) is 1.30. The number of rotatable bonds is 2. The lowest BCUT2D eigenvalue weighted by molar-refractivity contribution is 0.0688. The molecule has 1 saturated heterocycles. The molecule has 5 rings (SSSR count). The number of likely N-dealkylation sites (tertiary alicyclic amines) is 1. The van der Waals surface area contributed by atoms with Crippen molar-refractivity contribution in [3.63, 3.8) is 0 Å². The molecule has 1 aliphatic carbocycles. The number of aromatic nitrogens is 4. The molecule has 1 amide bonds. The Labute approximate surface area is 150 Å². The standard InChI is InChI=1S/C19H21N5O2/c25-18(17-13-4-3-6-14(13)21-22-17)23-10-8-12(9-11-23)24-16-7-2-1-5-15(16)20-19(24)26/h1-2,5,7,12H,3-4,6,8-11H2,(H,20,26)(H,21,22). The molecule has 7 heteroatoms. The van der Waals surface area contributed by atoms with E-state index < -0.39 is 0 Å². The van der Waals surface area contributed by atoms with Gasteiger partial charge in [-0.1, -0.05) is 12.1 Å². The van der Waals surface area contributed by atoms with E-state index in [9.17, 15) is 9.59 Å². The molecule has 1 fully saturated rings. The van der Waals surface area contributed by atoms with E-state index in [-0.39, 0.29) is 17.6 Å². The molecule has 0 saturated carbocycles. The minimum atomic E-state index is -0.0684. The third kappa shape index (κ3) is 2.30. The third-order valence-corrected chi connectivity index (χ3v) is 5.75. The zero-order valence-electron chi connectivity index (χ0n) is 14.5. The molecule has 0 radical (unpaired) electrons. The van der Waals surface area contributed by atoms with Gasteiger partial charge in [0.2, 0.25) is 0 Å². The van der Waals surface area contributed by atoms with Crippen molar-refractivity contribution in [1.29, 1.82) is 0 Å². The maximum atomic E-state index is 12.9. The summed E-state index contributed by atoms with van der Waals surface area (Å²) < 4.78 is 1.85. The lowest BCUT2D eigenvalue weighted by atomic mass is 10.0. The van der Waals surface area contributed by atoms with Crippen LogP contribution in [0.15, 0.2) is 29.1 Å². The van der Waals surface area contributed by atoms with Gasteiger partial charge in [0.25, 0.3) is 5.91 Å². The zero-order valence-corrected chi connectivity index (χ0v) is 14.5.